The number of ether oxygens (including phenoxy) is 1. The topological polar surface area (TPSA) is 78.2 Å². The highest BCUT2D eigenvalue weighted by molar-refractivity contribution is 5.94. The van der Waals surface area contributed by atoms with Crippen LogP contribution in [0.25, 0.3) is 11.3 Å². The predicted molar refractivity (Wildman–Crippen MR) is 85.2 cm³/mol. The third-order valence-corrected chi connectivity index (χ3v) is 3.60. The van der Waals surface area contributed by atoms with Gasteiger partial charge in [0.25, 0.3) is 5.91 Å². The van der Waals surface area contributed by atoms with Crippen molar-refractivity contribution >= 4 is 11.6 Å². The van der Waals surface area contributed by atoms with E-state index in [1.807, 2.05) is 42.6 Å². The van der Waals surface area contributed by atoms with E-state index in [9.17, 15) is 4.79 Å². The first-order valence-corrected chi connectivity index (χ1v) is 7.35. The van der Waals surface area contributed by atoms with Crippen LogP contribution in [0.2, 0.25) is 0 Å². The van der Waals surface area contributed by atoms with E-state index >= 15 is 0 Å². The smallest absolute Gasteiger partial charge is 0.255 e. The Kier molecular flexibility index (Phi) is 4.50. The zero-order valence-electron chi connectivity index (χ0n) is 12.5. The van der Waals surface area contributed by atoms with Crippen LogP contribution in [-0.4, -0.2) is 41.6 Å². The van der Waals surface area contributed by atoms with Gasteiger partial charge in [-0.3, -0.25) is 9.78 Å². The standard InChI is InChI=1S/C17H16N4O2/c18-12-21-8-9-23-16(11-21)17(22)20-14-6-7-15(19-10-14)13-4-2-1-3-5-13/h1-7,10,16H,8-9,11H2,(H,20,22). The van der Waals surface area contributed by atoms with Crippen LogP contribution in [0.1, 0.15) is 0 Å². The molecule has 1 aliphatic rings. The molecule has 1 saturated heterocycles. The Hall–Kier alpha value is -2.91. The van der Waals surface area contributed by atoms with Crippen molar-refractivity contribution < 1.29 is 9.53 Å². The maximum absolute atomic E-state index is 12.2. The van der Waals surface area contributed by atoms with Crippen LogP contribution in [0.5, 0.6) is 0 Å². The number of carbonyl (C=O) groups is 1. The minimum absolute atomic E-state index is 0.265. The summed E-state index contributed by atoms with van der Waals surface area (Å²) in [5.41, 5.74) is 2.46. The number of amides is 1. The number of aromatic nitrogens is 1. The average Bonchev–Trinajstić information content (AvgIpc) is 2.63. The first kappa shape index (κ1) is 15.0. The number of nitrogens with zero attached hydrogens (tertiary/aromatic N) is 3. The van der Waals surface area contributed by atoms with E-state index in [0.717, 1.165) is 11.3 Å². The van der Waals surface area contributed by atoms with E-state index in [1.54, 1.807) is 12.3 Å². The molecule has 1 fully saturated rings. The molecular weight excluding hydrogens is 292 g/mol. The second kappa shape index (κ2) is 6.90. The van der Waals surface area contributed by atoms with Crippen molar-refractivity contribution in [1.29, 1.82) is 5.26 Å². The highest BCUT2D eigenvalue weighted by Crippen LogP contribution is 2.18. The Labute approximate surface area is 134 Å². The number of anilines is 1. The van der Waals surface area contributed by atoms with Crippen LogP contribution >= 0.6 is 0 Å². The maximum atomic E-state index is 12.2. The van der Waals surface area contributed by atoms with Gasteiger partial charge in [0.2, 0.25) is 0 Å². The Morgan fingerprint density at radius 3 is 2.83 bits per heavy atom. The summed E-state index contributed by atoms with van der Waals surface area (Å²) in [7, 11) is 0. The van der Waals surface area contributed by atoms with E-state index in [1.165, 1.54) is 4.90 Å². The predicted octanol–water partition coefficient (Wildman–Crippen LogP) is 1.87. The van der Waals surface area contributed by atoms with E-state index < -0.39 is 6.10 Å². The summed E-state index contributed by atoms with van der Waals surface area (Å²) < 4.78 is 5.41. The van der Waals surface area contributed by atoms with Gasteiger partial charge in [0.1, 0.15) is 0 Å². The Morgan fingerprint density at radius 2 is 2.13 bits per heavy atom. The molecule has 116 valence electrons. The monoisotopic (exact) mass is 308 g/mol. The van der Waals surface area contributed by atoms with Gasteiger partial charge in [0.15, 0.2) is 12.3 Å². The summed E-state index contributed by atoms with van der Waals surface area (Å²) in [6.07, 6.45) is 3.01. The normalized spacial score (nSPS) is 17.3. The van der Waals surface area contributed by atoms with Crippen LogP contribution < -0.4 is 5.32 Å². The zero-order chi connectivity index (χ0) is 16.1. The van der Waals surface area contributed by atoms with Crippen LogP contribution in [0, 0.1) is 11.5 Å². The number of carbonyl (C=O) groups excluding carboxylic acids is 1. The van der Waals surface area contributed by atoms with E-state index in [2.05, 4.69) is 10.3 Å². The van der Waals surface area contributed by atoms with Gasteiger partial charge in [-0.05, 0) is 12.1 Å². The highest BCUT2D eigenvalue weighted by Gasteiger charge is 2.26. The van der Waals surface area contributed by atoms with Gasteiger partial charge in [0, 0.05) is 5.56 Å². The van der Waals surface area contributed by atoms with Gasteiger partial charge in [-0.25, -0.2) is 0 Å². The van der Waals surface area contributed by atoms with Gasteiger partial charge in [-0.1, -0.05) is 30.3 Å². The number of rotatable bonds is 3. The van der Waals surface area contributed by atoms with E-state index in [0.29, 0.717) is 18.8 Å². The van der Waals surface area contributed by atoms with Crippen LogP contribution in [0.4, 0.5) is 5.69 Å². The lowest BCUT2D eigenvalue weighted by atomic mass is 10.1. The molecule has 0 spiro atoms. The number of hydrogen-bond donors (Lipinski definition) is 1. The molecule has 1 aromatic heterocycles. The van der Waals surface area contributed by atoms with E-state index in [4.69, 9.17) is 10.00 Å². The molecule has 1 atom stereocenters. The first-order chi connectivity index (χ1) is 11.3. The van der Waals surface area contributed by atoms with Gasteiger partial charge >= 0.3 is 0 Å². The molecule has 0 aliphatic carbocycles. The third kappa shape index (κ3) is 3.65. The average molecular weight is 308 g/mol. The minimum atomic E-state index is -0.641. The molecule has 1 N–H and O–H groups in total. The summed E-state index contributed by atoms with van der Waals surface area (Å²) in [6.45, 7) is 1.17. The maximum Gasteiger partial charge on any atom is 0.255 e. The molecule has 1 aromatic carbocycles. The summed E-state index contributed by atoms with van der Waals surface area (Å²) >= 11 is 0. The summed E-state index contributed by atoms with van der Waals surface area (Å²) in [6, 6.07) is 13.5. The van der Waals surface area contributed by atoms with Crippen molar-refractivity contribution in [3.05, 3.63) is 48.7 Å². The number of hydrogen-bond acceptors (Lipinski definition) is 5. The van der Waals surface area contributed by atoms with Crippen molar-refractivity contribution in [3.63, 3.8) is 0 Å². The third-order valence-electron chi connectivity index (χ3n) is 3.60. The Balaban J connectivity index is 1.64. The number of pyridine rings is 1. The number of benzene rings is 1. The quantitative estimate of drug-likeness (QED) is 0.876. The second-order valence-electron chi connectivity index (χ2n) is 5.19. The first-order valence-electron chi connectivity index (χ1n) is 7.35. The van der Waals surface area contributed by atoms with Crippen LogP contribution in [-0.2, 0) is 9.53 Å². The summed E-state index contributed by atoms with van der Waals surface area (Å²) in [5.74, 6) is -0.265. The molecule has 2 heterocycles. The minimum Gasteiger partial charge on any atom is -0.365 e. The van der Waals surface area contributed by atoms with Crippen molar-refractivity contribution in [2.75, 3.05) is 25.0 Å². The fourth-order valence-corrected chi connectivity index (χ4v) is 2.37. The second-order valence-corrected chi connectivity index (χ2v) is 5.19. The lowest BCUT2D eigenvalue weighted by Crippen LogP contribution is -2.46. The zero-order valence-corrected chi connectivity index (χ0v) is 12.5. The number of nitrogens with one attached hydrogen (secondary N) is 1. The van der Waals surface area contributed by atoms with Crippen molar-refractivity contribution in [2.45, 2.75) is 6.10 Å². The van der Waals surface area contributed by atoms with Gasteiger partial charge in [-0.15, -0.1) is 0 Å². The molecule has 1 amide bonds. The molecule has 23 heavy (non-hydrogen) atoms. The van der Waals surface area contributed by atoms with Crippen LogP contribution in [0.3, 0.4) is 0 Å². The van der Waals surface area contributed by atoms with Crippen molar-refractivity contribution in [2.24, 2.45) is 0 Å². The molecule has 0 saturated carbocycles. The van der Waals surface area contributed by atoms with Gasteiger partial charge < -0.3 is 15.0 Å². The molecule has 2 aromatic rings. The number of morpholine rings is 1. The van der Waals surface area contributed by atoms with E-state index in [-0.39, 0.29) is 12.5 Å². The molecule has 0 bridgehead atoms. The summed E-state index contributed by atoms with van der Waals surface area (Å²) in [5, 5.41) is 11.7. The number of nitriles is 1. The lowest BCUT2D eigenvalue weighted by molar-refractivity contribution is -0.131. The molecule has 0 radical (unpaired) electrons. The largest absolute Gasteiger partial charge is 0.365 e. The fourth-order valence-electron chi connectivity index (χ4n) is 2.37. The summed E-state index contributed by atoms with van der Waals surface area (Å²) in [4.78, 5) is 18.1. The van der Waals surface area contributed by atoms with Crippen molar-refractivity contribution in [1.82, 2.24) is 9.88 Å². The molecule has 1 aliphatic heterocycles. The molecule has 6 heteroatoms. The SMILES string of the molecule is N#CN1CCOC(C(=O)Nc2ccc(-c3ccccc3)nc2)C1. The molecule has 3 rings (SSSR count). The van der Waals surface area contributed by atoms with Gasteiger partial charge in [0.05, 0.1) is 37.3 Å². The van der Waals surface area contributed by atoms with Crippen molar-refractivity contribution in [3.8, 4) is 17.5 Å². The van der Waals surface area contributed by atoms with Gasteiger partial charge in [-0.2, -0.15) is 5.26 Å². The molecular formula is C17H16N4O2. The fraction of sp³-hybridized carbons (Fsp3) is 0.235. The van der Waals surface area contributed by atoms with Crippen LogP contribution in [0.15, 0.2) is 48.7 Å². The highest BCUT2D eigenvalue weighted by atomic mass is 16.5. The molecule has 6 nitrogen and oxygen atoms in total. The lowest BCUT2D eigenvalue weighted by Gasteiger charge is -2.28. The Bertz CT molecular complexity index is 710. The molecule has 1 unspecified atom stereocenters. The Morgan fingerprint density at radius 1 is 1.30 bits per heavy atom.